The van der Waals surface area contributed by atoms with Gasteiger partial charge in [-0.1, -0.05) is 24.3 Å². The number of piperidine rings is 1. The molecule has 8 nitrogen and oxygen atoms in total. The summed E-state index contributed by atoms with van der Waals surface area (Å²) in [6.07, 6.45) is 2.99. The molecule has 1 N–H and O–H groups in total. The molecule has 3 amide bonds. The maximum Gasteiger partial charge on any atom is 0.287 e. The molecule has 3 heterocycles. The van der Waals surface area contributed by atoms with E-state index >= 15 is 0 Å². The fourth-order valence-electron chi connectivity index (χ4n) is 5.24. The van der Waals surface area contributed by atoms with Crippen molar-refractivity contribution in [3.05, 3.63) is 81.2 Å². The third kappa shape index (κ3) is 5.29. The van der Waals surface area contributed by atoms with Gasteiger partial charge in [0.2, 0.25) is 11.8 Å². The quantitative estimate of drug-likeness (QED) is 0.534. The van der Waals surface area contributed by atoms with Gasteiger partial charge in [0.05, 0.1) is 11.9 Å². The summed E-state index contributed by atoms with van der Waals surface area (Å²) in [5, 5.41) is 2.11. The second-order valence-electron chi connectivity index (χ2n) is 9.69. The second kappa shape index (κ2) is 10.7. The Morgan fingerprint density at radius 2 is 1.79 bits per heavy atom. The molecule has 10 heteroatoms. The first-order valence-electron chi connectivity index (χ1n) is 12.6. The highest BCUT2D eigenvalue weighted by Crippen LogP contribution is 2.31. The monoisotopic (exact) mass is 523 g/mol. The first kappa shape index (κ1) is 25.6. The largest absolute Gasteiger partial charge is 0.448 e. The van der Waals surface area contributed by atoms with Crippen molar-refractivity contribution in [3.63, 3.8) is 0 Å². The molecule has 2 aliphatic rings. The van der Waals surface area contributed by atoms with Gasteiger partial charge in [-0.25, -0.2) is 8.78 Å². The highest BCUT2D eigenvalue weighted by atomic mass is 19.1. The topological polar surface area (TPSA) is 99.9 Å². The molecule has 2 aromatic carbocycles. The Bertz CT molecular complexity index is 1460. The van der Waals surface area contributed by atoms with E-state index < -0.39 is 34.3 Å². The standard InChI is InChI=1S/C28H27F2N3O5/c29-19-12-21-23(34)14-24(38-27(21)22(30)13-19)28(37)31-15-26(36)32-10-7-17(8-11-32)20-5-2-1-4-18(20)16-33-9-3-6-25(33)35/h1-2,4-5,12-14,17H,3,6-11,15-16H2,(H,31,37). The van der Waals surface area contributed by atoms with Crippen molar-refractivity contribution in [2.45, 2.75) is 38.1 Å². The van der Waals surface area contributed by atoms with Crippen LogP contribution in [-0.4, -0.2) is 53.7 Å². The molecule has 0 unspecified atom stereocenters. The number of rotatable bonds is 6. The SMILES string of the molecule is O=C(NCC(=O)N1CCC(c2ccccc2CN2CCCC2=O)CC1)c1cc(=O)c2cc(F)cc(F)c2o1. The van der Waals surface area contributed by atoms with Gasteiger partial charge in [-0.05, 0) is 42.4 Å². The molecule has 2 fully saturated rings. The lowest BCUT2D eigenvalue weighted by molar-refractivity contribution is -0.131. The predicted molar refractivity (Wildman–Crippen MR) is 134 cm³/mol. The average Bonchev–Trinajstić information content (AvgIpc) is 3.32. The van der Waals surface area contributed by atoms with Crippen LogP contribution in [0.2, 0.25) is 0 Å². The summed E-state index contributed by atoms with van der Waals surface area (Å²) in [7, 11) is 0. The van der Waals surface area contributed by atoms with Gasteiger partial charge in [0.15, 0.2) is 22.6 Å². The van der Waals surface area contributed by atoms with Crippen LogP contribution in [0.25, 0.3) is 11.0 Å². The number of carbonyl (C=O) groups excluding carboxylic acids is 3. The van der Waals surface area contributed by atoms with Gasteiger partial charge < -0.3 is 19.5 Å². The van der Waals surface area contributed by atoms with E-state index in [1.54, 1.807) is 4.90 Å². The van der Waals surface area contributed by atoms with E-state index in [2.05, 4.69) is 17.4 Å². The lowest BCUT2D eigenvalue weighted by atomic mass is 9.86. The molecule has 0 radical (unpaired) electrons. The summed E-state index contributed by atoms with van der Waals surface area (Å²) in [5.41, 5.74) is 1.05. The van der Waals surface area contributed by atoms with E-state index in [-0.39, 0.29) is 29.7 Å². The molecule has 1 aromatic heterocycles. The van der Waals surface area contributed by atoms with E-state index in [0.717, 1.165) is 43.5 Å². The number of hydrogen-bond acceptors (Lipinski definition) is 5. The fourth-order valence-corrected chi connectivity index (χ4v) is 5.24. The maximum atomic E-state index is 14.0. The van der Waals surface area contributed by atoms with E-state index in [1.807, 2.05) is 17.0 Å². The summed E-state index contributed by atoms with van der Waals surface area (Å²) in [5.74, 6) is -3.19. The Labute approximate surface area is 217 Å². The van der Waals surface area contributed by atoms with E-state index in [4.69, 9.17) is 4.42 Å². The molecule has 5 rings (SSSR count). The van der Waals surface area contributed by atoms with Crippen LogP contribution in [0.15, 0.2) is 51.7 Å². The third-order valence-electron chi connectivity index (χ3n) is 7.25. The first-order valence-corrected chi connectivity index (χ1v) is 12.6. The first-order chi connectivity index (χ1) is 18.3. The summed E-state index contributed by atoms with van der Waals surface area (Å²) >= 11 is 0. The van der Waals surface area contributed by atoms with Crippen LogP contribution < -0.4 is 10.7 Å². The molecule has 38 heavy (non-hydrogen) atoms. The summed E-state index contributed by atoms with van der Waals surface area (Å²) < 4.78 is 32.6. The molecule has 0 atom stereocenters. The van der Waals surface area contributed by atoms with Crippen LogP contribution in [0.3, 0.4) is 0 Å². The summed E-state index contributed by atoms with van der Waals surface area (Å²) in [6, 6.07) is 10.4. The minimum absolute atomic E-state index is 0.185. The Morgan fingerprint density at radius 1 is 1.03 bits per heavy atom. The van der Waals surface area contributed by atoms with Crippen molar-refractivity contribution in [2.75, 3.05) is 26.2 Å². The fraction of sp³-hybridized carbons (Fsp3) is 0.357. The summed E-state index contributed by atoms with van der Waals surface area (Å²) in [4.78, 5) is 53.1. The smallest absolute Gasteiger partial charge is 0.287 e. The summed E-state index contributed by atoms with van der Waals surface area (Å²) in [6.45, 7) is 2.09. The lowest BCUT2D eigenvalue weighted by Gasteiger charge is -2.33. The highest BCUT2D eigenvalue weighted by molar-refractivity contribution is 5.95. The van der Waals surface area contributed by atoms with Crippen LogP contribution in [0, 0.1) is 11.6 Å². The predicted octanol–water partition coefficient (Wildman–Crippen LogP) is 3.33. The second-order valence-corrected chi connectivity index (χ2v) is 9.69. The zero-order valence-electron chi connectivity index (χ0n) is 20.7. The van der Waals surface area contributed by atoms with Crippen LogP contribution >= 0.6 is 0 Å². The van der Waals surface area contributed by atoms with Crippen molar-refractivity contribution in [1.29, 1.82) is 0 Å². The van der Waals surface area contributed by atoms with Gasteiger partial charge in [0.1, 0.15) is 5.82 Å². The van der Waals surface area contributed by atoms with Gasteiger partial charge in [0.25, 0.3) is 5.91 Å². The van der Waals surface area contributed by atoms with E-state index in [9.17, 15) is 28.0 Å². The lowest BCUT2D eigenvalue weighted by Crippen LogP contribution is -2.44. The third-order valence-corrected chi connectivity index (χ3v) is 7.25. The number of amides is 3. The molecule has 0 saturated carbocycles. The van der Waals surface area contributed by atoms with Crippen LogP contribution in [0.5, 0.6) is 0 Å². The molecule has 2 saturated heterocycles. The number of nitrogens with one attached hydrogen (secondary N) is 1. The van der Waals surface area contributed by atoms with Gasteiger partial charge in [-0.3, -0.25) is 19.2 Å². The Morgan fingerprint density at radius 3 is 2.53 bits per heavy atom. The number of fused-ring (bicyclic) bond motifs is 1. The number of benzene rings is 2. The van der Waals surface area contributed by atoms with Crippen molar-refractivity contribution in [2.24, 2.45) is 0 Å². The maximum absolute atomic E-state index is 14.0. The Kier molecular flexibility index (Phi) is 7.22. The number of likely N-dealkylation sites (tertiary alicyclic amines) is 2. The van der Waals surface area contributed by atoms with E-state index in [0.29, 0.717) is 32.1 Å². The van der Waals surface area contributed by atoms with Gasteiger partial charge in [-0.2, -0.15) is 0 Å². The Balaban J connectivity index is 1.18. The average molecular weight is 524 g/mol. The number of carbonyl (C=O) groups is 3. The number of halogens is 2. The molecular formula is C28H27F2N3O5. The van der Waals surface area contributed by atoms with Crippen LogP contribution in [0.4, 0.5) is 8.78 Å². The highest BCUT2D eigenvalue weighted by Gasteiger charge is 2.27. The van der Waals surface area contributed by atoms with Gasteiger partial charge in [0, 0.05) is 44.7 Å². The van der Waals surface area contributed by atoms with Crippen LogP contribution in [-0.2, 0) is 16.1 Å². The minimum atomic E-state index is -1.10. The molecule has 2 aliphatic heterocycles. The van der Waals surface area contributed by atoms with Crippen molar-refractivity contribution >= 4 is 28.7 Å². The molecular weight excluding hydrogens is 496 g/mol. The zero-order chi connectivity index (χ0) is 26.8. The van der Waals surface area contributed by atoms with Gasteiger partial charge in [-0.15, -0.1) is 0 Å². The number of nitrogens with zero attached hydrogens (tertiary/aromatic N) is 2. The van der Waals surface area contributed by atoms with Crippen molar-refractivity contribution in [3.8, 4) is 0 Å². The van der Waals surface area contributed by atoms with Gasteiger partial charge >= 0.3 is 0 Å². The van der Waals surface area contributed by atoms with Crippen molar-refractivity contribution < 1.29 is 27.6 Å². The molecule has 3 aromatic rings. The minimum Gasteiger partial charge on any atom is -0.448 e. The molecule has 0 aliphatic carbocycles. The number of hydrogen-bond donors (Lipinski definition) is 1. The van der Waals surface area contributed by atoms with Crippen molar-refractivity contribution in [1.82, 2.24) is 15.1 Å². The molecule has 0 spiro atoms. The molecule has 198 valence electrons. The normalized spacial score (nSPS) is 16.3. The van der Waals surface area contributed by atoms with Crippen LogP contribution in [0.1, 0.15) is 53.3 Å². The zero-order valence-corrected chi connectivity index (χ0v) is 20.7. The molecule has 0 bridgehead atoms. The Hall–Kier alpha value is -4.08. The van der Waals surface area contributed by atoms with E-state index in [1.165, 1.54) is 5.56 Å².